The fourth-order valence-corrected chi connectivity index (χ4v) is 4.04. The molecule has 0 unspecified atom stereocenters. The van der Waals surface area contributed by atoms with Crippen molar-refractivity contribution < 1.29 is 9.59 Å². The van der Waals surface area contributed by atoms with Gasteiger partial charge in [-0.05, 0) is 38.2 Å². The third kappa shape index (κ3) is 3.51. The Morgan fingerprint density at radius 1 is 1.12 bits per heavy atom. The number of hydrogen-bond donors (Lipinski definition) is 1. The molecule has 2 saturated heterocycles. The molecule has 0 aromatic heterocycles. The third-order valence-electron chi connectivity index (χ3n) is 5.27. The molecule has 3 rings (SSSR count). The van der Waals surface area contributed by atoms with Crippen molar-refractivity contribution >= 4 is 11.9 Å². The Labute approximate surface area is 150 Å². The van der Waals surface area contributed by atoms with Gasteiger partial charge in [-0.1, -0.05) is 44.2 Å². The summed E-state index contributed by atoms with van der Waals surface area (Å²) in [5.74, 6) is 0.457. The molecule has 25 heavy (non-hydrogen) atoms. The maximum atomic E-state index is 13.0. The van der Waals surface area contributed by atoms with Crippen LogP contribution in [0.4, 0.5) is 4.79 Å². The van der Waals surface area contributed by atoms with Gasteiger partial charge in [0, 0.05) is 12.6 Å². The number of fused-ring (bicyclic) bond motifs is 1. The predicted octanol–water partition coefficient (Wildman–Crippen LogP) is 2.66. The summed E-state index contributed by atoms with van der Waals surface area (Å²) in [5.41, 5.74) is 1.21. The minimum absolute atomic E-state index is 0.0385. The second-order valence-corrected chi connectivity index (χ2v) is 7.95. The van der Waals surface area contributed by atoms with E-state index >= 15 is 0 Å². The van der Waals surface area contributed by atoms with E-state index in [1.807, 2.05) is 28.0 Å². The van der Waals surface area contributed by atoms with Gasteiger partial charge in [0.05, 0.1) is 12.1 Å². The highest BCUT2D eigenvalue weighted by Gasteiger charge is 2.50. The Morgan fingerprint density at radius 3 is 2.40 bits per heavy atom. The lowest BCUT2D eigenvalue weighted by Crippen LogP contribution is -2.64. The molecule has 0 bridgehead atoms. The number of nitrogens with one attached hydrogen (secondary N) is 1. The van der Waals surface area contributed by atoms with Gasteiger partial charge in [-0.15, -0.1) is 0 Å². The third-order valence-corrected chi connectivity index (χ3v) is 5.27. The van der Waals surface area contributed by atoms with Crippen molar-refractivity contribution in [3.05, 3.63) is 35.9 Å². The van der Waals surface area contributed by atoms with Crippen LogP contribution in [-0.4, -0.2) is 52.5 Å². The highest BCUT2D eigenvalue weighted by atomic mass is 16.2. The molecule has 1 aromatic carbocycles. The second kappa shape index (κ2) is 7.06. The average molecular weight is 343 g/mol. The van der Waals surface area contributed by atoms with Gasteiger partial charge in [-0.3, -0.25) is 4.79 Å². The molecule has 2 aliphatic rings. The van der Waals surface area contributed by atoms with E-state index < -0.39 is 0 Å². The number of nitrogens with zero attached hydrogens (tertiary/aromatic N) is 2. The standard InChI is InChI=1S/C20H29N3O2/c1-13(2)10-17-19(24)22(14(3)4)12-18-16(21-20(25)23(17)18)11-15-8-6-5-7-9-15/h5-9,13-14,16-18H,10-12H2,1-4H3,(H,21,25)/t16-,17-,18-/m0/s1. The van der Waals surface area contributed by atoms with Crippen molar-refractivity contribution in [1.82, 2.24) is 15.1 Å². The van der Waals surface area contributed by atoms with Crippen LogP contribution in [0.5, 0.6) is 0 Å². The van der Waals surface area contributed by atoms with Crippen molar-refractivity contribution in [2.24, 2.45) is 5.92 Å². The first-order valence-electron chi connectivity index (χ1n) is 9.31. The topological polar surface area (TPSA) is 52.7 Å². The Kier molecular flexibility index (Phi) is 5.02. The molecule has 0 radical (unpaired) electrons. The smallest absolute Gasteiger partial charge is 0.318 e. The number of carbonyl (C=O) groups is 2. The number of carbonyl (C=O) groups excluding carboxylic acids is 2. The van der Waals surface area contributed by atoms with E-state index in [-0.39, 0.29) is 36.1 Å². The molecule has 3 atom stereocenters. The van der Waals surface area contributed by atoms with Gasteiger partial charge < -0.3 is 15.1 Å². The maximum absolute atomic E-state index is 13.0. The van der Waals surface area contributed by atoms with Gasteiger partial charge >= 0.3 is 6.03 Å². The molecule has 0 spiro atoms. The number of rotatable bonds is 5. The Balaban J connectivity index is 1.87. The molecule has 0 saturated carbocycles. The van der Waals surface area contributed by atoms with Crippen molar-refractivity contribution in [1.29, 1.82) is 0 Å². The van der Waals surface area contributed by atoms with Gasteiger partial charge in [0.25, 0.3) is 0 Å². The van der Waals surface area contributed by atoms with E-state index in [9.17, 15) is 9.59 Å². The first-order valence-corrected chi connectivity index (χ1v) is 9.31. The normalized spacial score (nSPS) is 26.4. The zero-order valence-corrected chi connectivity index (χ0v) is 15.6. The van der Waals surface area contributed by atoms with Gasteiger partial charge in [0.2, 0.25) is 5.91 Å². The first kappa shape index (κ1) is 17.8. The number of urea groups is 1. The predicted molar refractivity (Wildman–Crippen MR) is 98.2 cm³/mol. The summed E-state index contributed by atoms with van der Waals surface area (Å²) in [7, 11) is 0. The van der Waals surface area contributed by atoms with Gasteiger partial charge in [-0.25, -0.2) is 4.79 Å². The summed E-state index contributed by atoms with van der Waals surface area (Å²) in [6.07, 6.45) is 1.51. The summed E-state index contributed by atoms with van der Waals surface area (Å²) in [4.78, 5) is 29.4. The summed E-state index contributed by atoms with van der Waals surface area (Å²) in [5, 5.41) is 3.14. The second-order valence-electron chi connectivity index (χ2n) is 7.95. The Hall–Kier alpha value is -2.04. The number of hydrogen-bond acceptors (Lipinski definition) is 2. The van der Waals surface area contributed by atoms with Crippen LogP contribution in [0.3, 0.4) is 0 Å². The molecule has 5 heteroatoms. The average Bonchev–Trinajstić information content (AvgIpc) is 2.86. The summed E-state index contributed by atoms with van der Waals surface area (Å²) >= 11 is 0. The highest BCUT2D eigenvalue weighted by Crippen LogP contribution is 2.30. The lowest BCUT2D eigenvalue weighted by molar-refractivity contribution is -0.144. The minimum Gasteiger partial charge on any atom is -0.336 e. The van der Waals surface area contributed by atoms with Crippen LogP contribution in [-0.2, 0) is 11.2 Å². The summed E-state index contributed by atoms with van der Waals surface area (Å²) in [6.45, 7) is 8.92. The molecule has 2 fully saturated rings. The lowest BCUT2D eigenvalue weighted by Gasteiger charge is -2.45. The molecule has 3 amide bonds. The molecular weight excluding hydrogens is 314 g/mol. The fourth-order valence-electron chi connectivity index (χ4n) is 4.04. The molecule has 1 N–H and O–H groups in total. The van der Waals surface area contributed by atoms with Crippen LogP contribution >= 0.6 is 0 Å². The van der Waals surface area contributed by atoms with Crippen LogP contribution in [0.15, 0.2) is 30.3 Å². The van der Waals surface area contributed by atoms with E-state index in [1.165, 1.54) is 5.56 Å². The SMILES string of the molecule is CC(C)C[C@H]1C(=O)N(C(C)C)C[C@H]2[C@H](Cc3ccccc3)NC(=O)N12. The Morgan fingerprint density at radius 2 is 1.80 bits per heavy atom. The molecule has 136 valence electrons. The summed E-state index contributed by atoms with van der Waals surface area (Å²) < 4.78 is 0. The zero-order chi connectivity index (χ0) is 18.1. The van der Waals surface area contributed by atoms with Crippen LogP contribution in [0.25, 0.3) is 0 Å². The van der Waals surface area contributed by atoms with E-state index in [2.05, 4.69) is 45.1 Å². The molecule has 2 aliphatic heterocycles. The van der Waals surface area contributed by atoms with E-state index in [1.54, 1.807) is 0 Å². The maximum Gasteiger partial charge on any atom is 0.318 e. The van der Waals surface area contributed by atoms with Crippen molar-refractivity contribution in [2.75, 3.05) is 6.54 Å². The molecule has 2 heterocycles. The van der Waals surface area contributed by atoms with Gasteiger partial charge in [0.1, 0.15) is 6.04 Å². The molecular formula is C20H29N3O2. The number of amides is 3. The van der Waals surface area contributed by atoms with Gasteiger partial charge in [-0.2, -0.15) is 0 Å². The first-order chi connectivity index (χ1) is 11.9. The van der Waals surface area contributed by atoms with Crippen LogP contribution in [0.2, 0.25) is 0 Å². The lowest BCUT2D eigenvalue weighted by atomic mass is 9.92. The summed E-state index contributed by atoms with van der Waals surface area (Å²) in [6, 6.07) is 10.0. The van der Waals surface area contributed by atoms with Crippen molar-refractivity contribution in [2.45, 2.75) is 64.7 Å². The van der Waals surface area contributed by atoms with E-state index in [0.29, 0.717) is 18.9 Å². The monoisotopic (exact) mass is 343 g/mol. The van der Waals surface area contributed by atoms with Crippen molar-refractivity contribution in [3.8, 4) is 0 Å². The van der Waals surface area contributed by atoms with Crippen LogP contribution in [0.1, 0.15) is 39.7 Å². The minimum atomic E-state index is -0.345. The number of piperazine rings is 1. The fraction of sp³-hybridized carbons (Fsp3) is 0.600. The van der Waals surface area contributed by atoms with E-state index in [4.69, 9.17) is 0 Å². The Bertz CT molecular complexity index is 629. The highest BCUT2D eigenvalue weighted by molar-refractivity contribution is 5.90. The molecule has 5 nitrogen and oxygen atoms in total. The largest absolute Gasteiger partial charge is 0.336 e. The number of benzene rings is 1. The zero-order valence-electron chi connectivity index (χ0n) is 15.6. The van der Waals surface area contributed by atoms with E-state index in [0.717, 1.165) is 6.42 Å². The van der Waals surface area contributed by atoms with Crippen LogP contribution in [0, 0.1) is 5.92 Å². The van der Waals surface area contributed by atoms with Gasteiger partial charge in [0.15, 0.2) is 0 Å². The van der Waals surface area contributed by atoms with Crippen molar-refractivity contribution in [3.63, 3.8) is 0 Å². The van der Waals surface area contributed by atoms with Crippen LogP contribution < -0.4 is 5.32 Å². The molecule has 1 aromatic rings. The molecule has 0 aliphatic carbocycles. The quantitative estimate of drug-likeness (QED) is 0.894.